The number of carbonyl (C=O) groups is 1. The highest BCUT2D eigenvalue weighted by Gasteiger charge is 2.27. The van der Waals surface area contributed by atoms with Crippen LogP contribution in [0.25, 0.3) is 0 Å². The Hall–Kier alpha value is -2.57. The number of hydrogen-bond donors (Lipinski definition) is 1. The summed E-state index contributed by atoms with van der Waals surface area (Å²) in [5, 5.41) is 3.68. The third-order valence-corrected chi connectivity index (χ3v) is 5.46. The van der Waals surface area contributed by atoms with Gasteiger partial charge in [-0.1, -0.05) is 31.8 Å². The second-order valence-electron chi connectivity index (χ2n) is 8.12. The average molecular weight is 390 g/mol. The molecule has 0 bridgehead atoms. The number of ether oxygens (including phenoxy) is 1. The van der Waals surface area contributed by atoms with Gasteiger partial charge in [0.05, 0.1) is 12.2 Å². The lowest BCUT2D eigenvalue weighted by Crippen LogP contribution is -2.27. The van der Waals surface area contributed by atoms with E-state index in [4.69, 9.17) is 4.74 Å². The molecule has 2 aromatic rings. The lowest BCUT2D eigenvalue weighted by Gasteiger charge is -2.17. The van der Waals surface area contributed by atoms with Crippen LogP contribution in [-0.2, 0) is 11.3 Å². The first-order chi connectivity index (χ1) is 14.0. The number of hydrogen-bond acceptors (Lipinski definition) is 3. The predicted octanol–water partition coefficient (Wildman–Crippen LogP) is 5.27. The Morgan fingerprint density at radius 2 is 1.72 bits per heavy atom. The lowest BCUT2D eigenvalue weighted by atomic mass is 9.94. The van der Waals surface area contributed by atoms with Crippen LogP contribution >= 0.6 is 0 Å². The van der Waals surface area contributed by atoms with Crippen molar-refractivity contribution < 1.29 is 9.53 Å². The number of carbonyl (C=O) groups excluding carboxylic acids is 1. The minimum absolute atomic E-state index is 0.297. The van der Waals surface area contributed by atoms with Crippen LogP contribution in [0.15, 0.2) is 42.5 Å². The molecule has 3 rings (SSSR count). The molecule has 0 saturated heterocycles. The van der Waals surface area contributed by atoms with Crippen molar-refractivity contribution in [3.8, 4) is 11.8 Å². The highest BCUT2D eigenvalue weighted by Crippen LogP contribution is 2.32. The van der Waals surface area contributed by atoms with Crippen molar-refractivity contribution in [2.75, 3.05) is 6.61 Å². The first kappa shape index (κ1) is 21.1. The Bertz CT molecular complexity index is 899. The molecule has 0 aliphatic heterocycles. The summed E-state index contributed by atoms with van der Waals surface area (Å²) in [5.74, 6) is 7.48. The zero-order valence-corrected chi connectivity index (χ0v) is 17.9. The number of esters is 1. The number of benzene rings is 2. The van der Waals surface area contributed by atoms with E-state index in [1.54, 1.807) is 19.1 Å². The van der Waals surface area contributed by atoms with E-state index in [-0.39, 0.29) is 5.97 Å². The third kappa shape index (κ3) is 5.95. The molecule has 2 aromatic carbocycles. The van der Waals surface area contributed by atoms with Crippen LogP contribution in [0.4, 0.5) is 0 Å². The van der Waals surface area contributed by atoms with E-state index >= 15 is 0 Å². The topological polar surface area (TPSA) is 38.3 Å². The van der Waals surface area contributed by atoms with Crippen molar-refractivity contribution in [1.29, 1.82) is 0 Å². The second kappa shape index (κ2) is 9.76. The minimum atomic E-state index is -0.297. The molecule has 3 nitrogen and oxygen atoms in total. The van der Waals surface area contributed by atoms with Crippen LogP contribution in [0.1, 0.15) is 79.1 Å². The summed E-state index contributed by atoms with van der Waals surface area (Å²) in [6.45, 7) is 9.85. The van der Waals surface area contributed by atoms with Gasteiger partial charge >= 0.3 is 5.97 Å². The summed E-state index contributed by atoms with van der Waals surface area (Å²) < 4.78 is 5.01. The van der Waals surface area contributed by atoms with Crippen LogP contribution < -0.4 is 5.32 Å². The van der Waals surface area contributed by atoms with E-state index < -0.39 is 0 Å². The van der Waals surface area contributed by atoms with Crippen molar-refractivity contribution in [1.82, 2.24) is 5.32 Å². The maximum atomic E-state index is 11.7. The van der Waals surface area contributed by atoms with Crippen LogP contribution in [0, 0.1) is 17.8 Å². The zero-order valence-electron chi connectivity index (χ0n) is 17.9. The van der Waals surface area contributed by atoms with Crippen LogP contribution in [0.2, 0.25) is 0 Å². The summed E-state index contributed by atoms with van der Waals surface area (Å²) >= 11 is 0. The van der Waals surface area contributed by atoms with E-state index in [2.05, 4.69) is 56.1 Å². The van der Waals surface area contributed by atoms with Gasteiger partial charge in [0.25, 0.3) is 0 Å². The number of rotatable bonds is 7. The molecule has 152 valence electrons. The quantitative estimate of drug-likeness (QED) is 0.517. The normalized spacial score (nSPS) is 14.2. The van der Waals surface area contributed by atoms with E-state index in [0.29, 0.717) is 24.1 Å². The molecule has 1 N–H and O–H groups in total. The molecule has 0 radical (unpaired) electrons. The Balaban J connectivity index is 1.71. The smallest absolute Gasteiger partial charge is 0.338 e. The van der Waals surface area contributed by atoms with Gasteiger partial charge in [0.1, 0.15) is 0 Å². The molecule has 1 aliphatic rings. The Morgan fingerprint density at radius 3 is 2.34 bits per heavy atom. The molecule has 0 aromatic heterocycles. The lowest BCUT2D eigenvalue weighted by molar-refractivity contribution is 0.0526. The van der Waals surface area contributed by atoms with E-state index in [9.17, 15) is 4.79 Å². The molecular weight excluding hydrogens is 358 g/mol. The largest absolute Gasteiger partial charge is 0.462 e. The first-order valence-electron chi connectivity index (χ1n) is 10.6. The fourth-order valence-corrected chi connectivity index (χ4v) is 3.45. The zero-order chi connectivity index (χ0) is 20.8. The highest BCUT2D eigenvalue weighted by atomic mass is 16.5. The summed E-state index contributed by atoms with van der Waals surface area (Å²) in [7, 11) is 0. The van der Waals surface area contributed by atoms with Crippen molar-refractivity contribution in [3.05, 3.63) is 70.3 Å². The summed E-state index contributed by atoms with van der Waals surface area (Å²) in [6, 6.07) is 14.4. The van der Waals surface area contributed by atoms with Gasteiger partial charge in [0.2, 0.25) is 0 Å². The van der Waals surface area contributed by atoms with Gasteiger partial charge in [-0.25, -0.2) is 4.79 Å². The van der Waals surface area contributed by atoms with Gasteiger partial charge in [0.15, 0.2) is 0 Å². The fraction of sp³-hybridized carbons (Fsp3) is 0.423. The Morgan fingerprint density at radius 1 is 1.07 bits per heavy atom. The van der Waals surface area contributed by atoms with Crippen molar-refractivity contribution in [2.45, 2.75) is 59.0 Å². The predicted molar refractivity (Wildman–Crippen MR) is 118 cm³/mol. The molecule has 0 amide bonds. The summed E-state index contributed by atoms with van der Waals surface area (Å²) in [5.41, 5.74) is 5.16. The van der Waals surface area contributed by atoms with Crippen LogP contribution in [-0.4, -0.2) is 18.6 Å². The molecular formula is C26H31NO2. The molecule has 3 heteroatoms. The summed E-state index contributed by atoms with van der Waals surface area (Å²) in [6.07, 6.45) is 2.72. The SMILES string of the molecule is CCOC(=O)c1ccc(C#Cc2ccc(CNC(C)C3CC3)c(C(C)C)c2)cc1. The first-order valence-corrected chi connectivity index (χ1v) is 10.6. The van der Waals surface area contributed by atoms with Gasteiger partial charge in [-0.3, -0.25) is 0 Å². The number of nitrogens with one attached hydrogen (secondary N) is 1. The van der Waals surface area contributed by atoms with Gasteiger partial charge < -0.3 is 10.1 Å². The maximum absolute atomic E-state index is 11.7. The maximum Gasteiger partial charge on any atom is 0.338 e. The molecule has 1 fully saturated rings. The molecule has 1 saturated carbocycles. The van der Waals surface area contributed by atoms with Crippen molar-refractivity contribution in [2.24, 2.45) is 5.92 Å². The van der Waals surface area contributed by atoms with E-state index in [0.717, 1.165) is 23.6 Å². The molecule has 0 spiro atoms. The molecule has 1 atom stereocenters. The van der Waals surface area contributed by atoms with Gasteiger partial charge in [-0.2, -0.15) is 0 Å². The van der Waals surface area contributed by atoms with Crippen LogP contribution in [0.3, 0.4) is 0 Å². The Kier molecular flexibility index (Phi) is 7.12. The van der Waals surface area contributed by atoms with Crippen molar-refractivity contribution >= 4 is 5.97 Å². The fourth-order valence-electron chi connectivity index (χ4n) is 3.45. The van der Waals surface area contributed by atoms with Gasteiger partial charge in [-0.05, 0) is 86.1 Å². The summed E-state index contributed by atoms with van der Waals surface area (Å²) in [4.78, 5) is 11.7. The minimum Gasteiger partial charge on any atom is -0.462 e. The average Bonchev–Trinajstić information content (AvgIpc) is 3.56. The van der Waals surface area contributed by atoms with Crippen molar-refractivity contribution in [3.63, 3.8) is 0 Å². The van der Waals surface area contributed by atoms with E-state index in [1.165, 1.54) is 24.0 Å². The monoisotopic (exact) mass is 389 g/mol. The van der Waals surface area contributed by atoms with Gasteiger partial charge in [-0.15, -0.1) is 0 Å². The van der Waals surface area contributed by atoms with Crippen LogP contribution in [0.5, 0.6) is 0 Å². The standard InChI is InChI=1S/C26H31NO2/c1-5-29-26(28)23-11-8-20(9-12-23)6-7-21-10-13-24(25(16-21)18(2)3)17-27-19(4)22-14-15-22/h8-13,16,18-19,22,27H,5,14-15,17H2,1-4H3. The van der Waals surface area contributed by atoms with E-state index in [1.807, 2.05) is 12.1 Å². The van der Waals surface area contributed by atoms with Gasteiger partial charge in [0, 0.05) is 23.7 Å². The second-order valence-corrected chi connectivity index (χ2v) is 8.12. The third-order valence-electron chi connectivity index (χ3n) is 5.46. The highest BCUT2D eigenvalue weighted by molar-refractivity contribution is 5.89. The molecule has 29 heavy (non-hydrogen) atoms. The molecule has 0 heterocycles. The molecule has 1 aliphatic carbocycles. The Labute approximate surface area is 174 Å². The molecule has 1 unspecified atom stereocenters.